The second kappa shape index (κ2) is 12.7. The van der Waals surface area contributed by atoms with E-state index in [-0.39, 0.29) is 5.97 Å². The highest BCUT2D eigenvalue weighted by molar-refractivity contribution is 5.78. The van der Waals surface area contributed by atoms with E-state index < -0.39 is 10.8 Å². The standard InChI is InChI=1S/C41H36N2O2/c1-4-40(2,3)39(44)45-34-28-26-33(27-29-34)41(32-20-12-7-13-21-32,37-24-14-22-35(42-37)30-16-8-5-9-17-30)38-25-15-23-36(43-38)31-18-10-6-11-19-31/h5-29H,4H2,1-3H3. The van der Waals surface area contributed by atoms with Gasteiger partial charge in [0.15, 0.2) is 0 Å². The summed E-state index contributed by atoms with van der Waals surface area (Å²) in [5.74, 6) is 0.255. The Morgan fingerprint density at radius 2 is 1.00 bits per heavy atom. The molecule has 0 saturated carbocycles. The van der Waals surface area contributed by atoms with E-state index in [2.05, 4.69) is 72.8 Å². The van der Waals surface area contributed by atoms with Crippen molar-refractivity contribution in [2.45, 2.75) is 32.6 Å². The molecule has 2 aromatic heterocycles. The maximum Gasteiger partial charge on any atom is 0.316 e. The van der Waals surface area contributed by atoms with Crippen molar-refractivity contribution < 1.29 is 9.53 Å². The number of nitrogens with zero attached hydrogens (tertiary/aromatic N) is 2. The Kier molecular flexibility index (Phi) is 8.39. The van der Waals surface area contributed by atoms with E-state index in [0.717, 1.165) is 45.0 Å². The van der Waals surface area contributed by atoms with Gasteiger partial charge in [-0.1, -0.05) is 122 Å². The number of esters is 1. The van der Waals surface area contributed by atoms with Crippen LogP contribution in [0.15, 0.2) is 152 Å². The lowest BCUT2D eigenvalue weighted by Crippen LogP contribution is -2.33. The van der Waals surface area contributed by atoms with Gasteiger partial charge >= 0.3 is 5.97 Å². The topological polar surface area (TPSA) is 52.1 Å². The molecule has 0 amide bonds. The van der Waals surface area contributed by atoms with Crippen molar-refractivity contribution >= 4 is 5.97 Å². The molecule has 4 aromatic carbocycles. The molecule has 0 aliphatic rings. The highest BCUT2D eigenvalue weighted by Gasteiger charge is 2.41. The molecule has 6 rings (SSSR count). The minimum atomic E-state index is -0.887. The van der Waals surface area contributed by atoms with E-state index in [4.69, 9.17) is 14.7 Å². The van der Waals surface area contributed by atoms with Gasteiger partial charge in [0.05, 0.1) is 28.2 Å². The van der Waals surface area contributed by atoms with Gasteiger partial charge in [0.25, 0.3) is 0 Å². The van der Waals surface area contributed by atoms with Crippen LogP contribution < -0.4 is 4.74 Å². The third kappa shape index (κ3) is 5.92. The molecule has 45 heavy (non-hydrogen) atoms. The zero-order valence-electron chi connectivity index (χ0n) is 25.9. The summed E-state index contributed by atoms with van der Waals surface area (Å²) < 4.78 is 5.84. The molecule has 6 aromatic rings. The average Bonchev–Trinajstić information content (AvgIpc) is 3.11. The zero-order valence-corrected chi connectivity index (χ0v) is 25.9. The fourth-order valence-corrected chi connectivity index (χ4v) is 5.57. The number of aromatic nitrogens is 2. The number of carbonyl (C=O) groups is 1. The molecule has 0 atom stereocenters. The molecule has 0 fully saturated rings. The summed E-state index contributed by atoms with van der Waals surface area (Å²) in [7, 11) is 0. The van der Waals surface area contributed by atoms with Crippen molar-refractivity contribution in [2.24, 2.45) is 5.41 Å². The first-order valence-electron chi connectivity index (χ1n) is 15.4. The van der Waals surface area contributed by atoms with Crippen molar-refractivity contribution in [1.82, 2.24) is 9.97 Å². The molecular formula is C41H36N2O2. The van der Waals surface area contributed by atoms with E-state index in [9.17, 15) is 4.79 Å². The first-order chi connectivity index (χ1) is 21.9. The predicted molar refractivity (Wildman–Crippen MR) is 181 cm³/mol. The van der Waals surface area contributed by atoms with Gasteiger partial charge in [0, 0.05) is 11.1 Å². The van der Waals surface area contributed by atoms with Crippen LogP contribution in [-0.4, -0.2) is 15.9 Å². The summed E-state index contributed by atoms with van der Waals surface area (Å²) in [6.07, 6.45) is 0.688. The Balaban J connectivity index is 1.60. The van der Waals surface area contributed by atoms with E-state index >= 15 is 0 Å². The lowest BCUT2D eigenvalue weighted by atomic mass is 9.69. The summed E-state index contributed by atoms with van der Waals surface area (Å²) in [4.78, 5) is 23.6. The van der Waals surface area contributed by atoms with E-state index in [1.165, 1.54) is 0 Å². The van der Waals surface area contributed by atoms with Gasteiger partial charge in [-0.05, 0) is 67.8 Å². The van der Waals surface area contributed by atoms with Crippen LogP contribution in [0, 0.1) is 5.41 Å². The number of pyridine rings is 2. The molecule has 0 spiro atoms. The van der Waals surface area contributed by atoms with Crippen LogP contribution in [0.3, 0.4) is 0 Å². The number of rotatable bonds is 9. The third-order valence-corrected chi connectivity index (χ3v) is 8.55. The highest BCUT2D eigenvalue weighted by Crippen LogP contribution is 2.45. The molecule has 0 aliphatic heterocycles. The maximum absolute atomic E-state index is 12.9. The average molecular weight is 589 g/mol. The van der Waals surface area contributed by atoms with Crippen LogP contribution in [0.2, 0.25) is 0 Å². The summed E-state index contributed by atoms with van der Waals surface area (Å²) >= 11 is 0. The Morgan fingerprint density at radius 1 is 0.556 bits per heavy atom. The van der Waals surface area contributed by atoms with Crippen molar-refractivity contribution in [2.75, 3.05) is 0 Å². The molecule has 0 N–H and O–H groups in total. The normalized spacial score (nSPS) is 11.6. The van der Waals surface area contributed by atoms with E-state index in [0.29, 0.717) is 12.2 Å². The van der Waals surface area contributed by atoms with Crippen molar-refractivity contribution in [3.8, 4) is 28.3 Å². The zero-order chi connectivity index (χ0) is 31.3. The molecule has 0 unspecified atom stereocenters. The summed E-state index contributed by atoms with van der Waals surface area (Å²) in [5.41, 5.74) is 6.02. The lowest BCUT2D eigenvalue weighted by Gasteiger charge is -2.35. The fraction of sp³-hybridized carbons (Fsp3) is 0.146. The lowest BCUT2D eigenvalue weighted by molar-refractivity contribution is -0.144. The van der Waals surface area contributed by atoms with Gasteiger partial charge < -0.3 is 4.74 Å². The van der Waals surface area contributed by atoms with Gasteiger partial charge in [0.1, 0.15) is 11.2 Å². The minimum absolute atomic E-state index is 0.249. The number of benzene rings is 4. The molecule has 2 heterocycles. The Labute approximate surface area is 265 Å². The maximum atomic E-state index is 12.9. The van der Waals surface area contributed by atoms with Crippen molar-refractivity contribution in [3.05, 3.63) is 174 Å². The molecule has 0 radical (unpaired) electrons. The SMILES string of the molecule is CCC(C)(C)C(=O)Oc1ccc(C(c2ccccc2)(c2cccc(-c3ccccc3)n2)c2cccc(-c3ccccc3)n2)cc1. The highest BCUT2D eigenvalue weighted by atomic mass is 16.5. The van der Waals surface area contributed by atoms with Gasteiger partial charge in [-0.2, -0.15) is 0 Å². The number of ether oxygens (including phenoxy) is 1. The predicted octanol–water partition coefficient (Wildman–Crippen LogP) is 9.53. The minimum Gasteiger partial charge on any atom is -0.426 e. The first-order valence-corrected chi connectivity index (χ1v) is 15.4. The molecule has 0 bridgehead atoms. The van der Waals surface area contributed by atoms with Crippen LogP contribution in [0.25, 0.3) is 22.5 Å². The van der Waals surface area contributed by atoms with Crippen LogP contribution in [-0.2, 0) is 10.2 Å². The van der Waals surface area contributed by atoms with E-state index in [1.54, 1.807) is 0 Å². The number of hydrogen-bond acceptors (Lipinski definition) is 4. The quantitative estimate of drug-likeness (QED) is 0.125. The van der Waals surface area contributed by atoms with Gasteiger partial charge in [-0.25, -0.2) is 0 Å². The first kappa shape index (κ1) is 29.7. The van der Waals surface area contributed by atoms with Crippen molar-refractivity contribution in [1.29, 1.82) is 0 Å². The Hall–Kier alpha value is -5.35. The van der Waals surface area contributed by atoms with Crippen molar-refractivity contribution in [3.63, 3.8) is 0 Å². The fourth-order valence-electron chi connectivity index (χ4n) is 5.57. The summed E-state index contributed by atoms with van der Waals surface area (Å²) in [6, 6.07) is 51.0. The van der Waals surface area contributed by atoms with E-state index in [1.807, 2.05) is 99.6 Å². The van der Waals surface area contributed by atoms with Gasteiger partial charge in [-0.3, -0.25) is 14.8 Å². The molecule has 0 aliphatic carbocycles. The summed E-state index contributed by atoms with van der Waals surface area (Å²) in [6.45, 7) is 5.80. The monoisotopic (exact) mass is 588 g/mol. The molecule has 4 heteroatoms. The Bertz CT molecular complexity index is 1800. The number of hydrogen-bond donors (Lipinski definition) is 0. The van der Waals surface area contributed by atoms with Gasteiger partial charge in [0.2, 0.25) is 0 Å². The Morgan fingerprint density at radius 3 is 1.47 bits per heavy atom. The third-order valence-electron chi connectivity index (χ3n) is 8.55. The molecule has 222 valence electrons. The smallest absolute Gasteiger partial charge is 0.316 e. The molecule has 0 saturated heterocycles. The number of carbonyl (C=O) groups excluding carboxylic acids is 1. The molecule has 4 nitrogen and oxygen atoms in total. The second-order valence-corrected chi connectivity index (χ2v) is 11.8. The van der Waals surface area contributed by atoms with Crippen LogP contribution in [0.4, 0.5) is 0 Å². The van der Waals surface area contributed by atoms with Crippen LogP contribution in [0.5, 0.6) is 5.75 Å². The van der Waals surface area contributed by atoms with Crippen LogP contribution >= 0.6 is 0 Å². The second-order valence-electron chi connectivity index (χ2n) is 11.8. The summed E-state index contributed by atoms with van der Waals surface area (Å²) in [5, 5.41) is 0. The molecular weight excluding hydrogens is 552 g/mol. The largest absolute Gasteiger partial charge is 0.426 e. The van der Waals surface area contributed by atoms with Gasteiger partial charge in [-0.15, -0.1) is 0 Å². The van der Waals surface area contributed by atoms with Crippen LogP contribution in [0.1, 0.15) is 49.7 Å².